The van der Waals surface area contributed by atoms with Crippen molar-refractivity contribution in [3.63, 3.8) is 0 Å². The molecule has 20 heavy (non-hydrogen) atoms. The second-order valence-electron chi connectivity index (χ2n) is 4.83. The van der Waals surface area contributed by atoms with Gasteiger partial charge in [0.25, 0.3) is 0 Å². The number of hydrogen-bond acceptors (Lipinski definition) is 1. The maximum Gasteiger partial charge on any atom is 0.124 e. The average molecular weight is 357 g/mol. The normalized spacial score (nSPS) is 14.1. The summed E-state index contributed by atoms with van der Waals surface area (Å²) in [6.07, 6.45) is 0. The predicted molar refractivity (Wildman–Crippen MR) is 85.5 cm³/mol. The zero-order valence-electron chi connectivity index (χ0n) is 11.3. The third-order valence-corrected chi connectivity index (χ3v) is 4.20. The Morgan fingerprint density at radius 2 is 1.85 bits per heavy atom. The molecular formula is C16H16BrClFN. The molecule has 0 fully saturated rings. The van der Waals surface area contributed by atoms with Crippen LogP contribution in [0.1, 0.15) is 37.1 Å². The van der Waals surface area contributed by atoms with E-state index in [-0.39, 0.29) is 17.9 Å². The number of halogens is 3. The summed E-state index contributed by atoms with van der Waals surface area (Å²) in [5.41, 5.74) is 2.16. The summed E-state index contributed by atoms with van der Waals surface area (Å²) in [7, 11) is 0. The highest BCUT2D eigenvalue weighted by Crippen LogP contribution is 2.27. The molecule has 1 nitrogen and oxygen atoms in total. The molecule has 1 N–H and O–H groups in total. The molecule has 0 aliphatic carbocycles. The van der Waals surface area contributed by atoms with E-state index in [1.165, 1.54) is 12.1 Å². The lowest BCUT2D eigenvalue weighted by Gasteiger charge is -2.22. The lowest BCUT2D eigenvalue weighted by molar-refractivity contribution is 0.492. The van der Waals surface area contributed by atoms with Gasteiger partial charge in [-0.25, -0.2) is 4.39 Å². The largest absolute Gasteiger partial charge is 0.304 e. The van der Waals surface area contributed by atoms with E-state index in [1.807, 2.05) is 24.3 Å². The zero-order chi connectivity index (χ0) is 14.7. The van der Waals surface area contributed by atoms with E-state index in [0.717, 1.165) is 20.6 Å². The van der Waals surface area contributed by atoms with Crippen molar-refractivity contribution in [3.05, 3.63) is 68.9 Å². The van der Waals surface area contributed by atoms with Crippen LogP contribution in [-0.4, -0.2) is 0 Å². The van der Waals surface area contributed by atoms with Gasteiger partial charge in [0, 0.05) is 21.6 Å². The minimum absolute atomic E-state index is 0.0963. The molecule has 2 aromatic rings. The summed E-state index contributed by atoms with van der Waals surface area (Å²) in [4.78, 5) is 0. The Bertz CT molecular complexity index is 603. The van der Waals surface area contributed by atoms with Gasteiger partial charge in [-0.15, -0.1) is 0 Å². The van der Waals surface area contributed by atoms with Crippen molar-refractivity contribution in [2.75, 3.05) is 0 Å². The fraction of sp³-hybridized carbons (Fsp3) is 0.250. The maximum absolute atomic E-state index is 13.1. The monoisotopic (exact) mass is 355 g/mol. The van der Waals surface area contributed by atoms with Crippen LogP contribution in [-0.2, 0) is 0 Å². The van der Waals surface area contributed by atoms with Crippen molar-refractivity contribution in [2.24, 2.45) is 0 Å². The minimum Gasteiger partial charge on any atom is -0.304 e. The molecule has 2 rings (SSSR count). The first-order valence-corrected chi connectivity index (χ1v) is 7.61. The van der Waals surface area contributed by atoms with Crippen molar-refractivity contribution < 1.29 is 4.39 Å². The minimum atomic E-state index is -0.240. The quantitative estimate of drug-likeness (QED) is 0.746. The Morgan fingerprint density at radius 1 is 1.10 bits per heavy atom. The molecule has 0 saturated heterocycles. The van der Waals surface area contributed by atoms with E-state index in [9.17, 15) is 4.39 Å². The highest BCUT2D eigenvalue weighted by atomic mass is 79.9. The lowest BCUT2D eigenvalue weighted by atomic mass is 10.0. The number of nitrogens with one attached hydrogen (secondary N) is 1. The van der Waals surface area contributed by atoms with Crippen LogP contribution in [0.25, 0.3) is 0 Å². The molecule has 0 amide bonds. The number of hydrogen-bond donors (Lipinski definition) is 1. The van der Waals surface area contributed by atoms with Crippen LogP contribution in [0.15, 0.2) is 46.9 Å². The van der Waals surface area contributed by atoms with E-state index in [1.54, 1.807) is 6.07 Å². The van der Waals surface area contributed by atoms with E-state index < -0.39 is 0 Å². The average Bonchev–Trinajstić information content (AvgIpc) is 2.38. The van der Waals surface area contributed by atoms with Crippen molar-refractivity contribution in [2.45, 2.75) is 25.9 Å². The van der Waals surface area contributed by atoms with Gasteiger partial charge in [0.1, 0.15) is 5.82 Å². The maximum atomic E-state index is 13.1. The molecule has 4 heteroatoms. The van der Waals surface area contributed by atoms with Gasteiger partial charge in [-0.1, -0.05) is 45.7 Å². The smallest absolute Gasteiger partial charge is 0.124 e. The first-order chi connectivity index (χ1) is 9.47. The molecule has 0 spiro atoms. The molecule has 0 aliphatic rings. The third kappa shape index (κ3) is 3.81. The number of benzene rings is 2. The summed E-state index contributed by atoms with van der Waals surface area (Å²) in [6.45, 7) is 4.14. The highest BCUT2D eigenvalue weighted by Gasteiger charge is 2.14. The second kappa shape index (κ2) is 6.70. The van der Waals surface area contributed by atoms with Gasteiger partial charge in [-0.3, -0.25) is 0 Å². The van der Waals surface area contributed by atoms with Crippen LogP contribution >= 0.6 is 27.5 Å². The van der Waals surface area contributed by atoms with Gasteiger partial charge in [0.05, 0.1) is 0 Å². The molecule has 0 saturated carbocycles. The van der Waals surface area contributed by atoms with Crippen LogP contribution in [0.4, 0.5) is 4.39 Å². The van der Waals surface area contributed by atoms with E-state index >= 15 is 0 Å². The molecule has 0 bridgehead atoms. The second-order valence-corrected chi connectivity index (χ2v) is 6.12. The highest BCUT2D eigenvalue weighted by molar-refractivity contribution is 9.10. The Morgan fingerprint density at radius 3 is 2.50 bits per heavy atom. The Labute approximate surface area is 132 Å². The van der Waals surface area contributed by atoms with Gasteiger partial charge in [-0.05, 0) is 49.2 Å². The topological polar surface area (TPSA) is 12.0 Å². The first kappa shape index (κ1) is 15.5. The van der Waals surface area contributed by atoms with Gasteiger partial charge in [-0.2, -0.15) is 0 Å². The molecule has 1 unspecified atom stereocenters. The third-order valence-electron chi connectivity index (χ3n) is 3.28. The Balaban J connectivity index is 2.12. The molecule has 0 radical (unpaired) electrons. The summed E-state index contributed by atoms with van der Waals surface area (Å²) < 4.78 is 13.9. The summed E-state index contributed by atoms with van der Waals surface area (Å²) >= 11 is 9.41. The van der Waals surface area contributed by atoms with Gasteiger partial charge in [0.2, 0.25) is 0 Å². The van der Waals surface area contributed by atoms with Crippen LogP contribution in [0.5, 0.6) is 0 Å². The Kier molecular flexibility index (Phi) is 5.19. The fourth-order valence-electron chi connectivity index (χ4n) is 2.19. The molecule has 106 valence electrons. The molecule has 0 aliphatic heterocycles. The molecular weight excluding hydrogens is 341 g/mol. The SMILES string of the molecule is CC(N[C@@H](C)c1cccc(Cl)c1)c1ccc(F)cc1Br. The lowest BCUT2D eigenvalue weighted by Crippen LogP contribution is -2.22. The van der Waals surface area contributed by atoms with E-state index in [0.29, 0.717) is 0 Å². The van der Waals surface area contributed by atoms with E-state index in [2.05, 4.69) is 35.1 Å². The molecule has 0 heterocycles. The van der Waals surface area contributed by atoms with Crippen LogP contribution in [0, 0.1) is 5.82 Å². The fourth-order valence-corrected chi connectivity index (χ4v) is 3.08. The summed E-state index contributed by atoms with van der Waals surface area (Å²) in [5.74, 6) is -0.240. The standard InChI is InChI=1S/C16H16BrClFN/c1-10(12-4-3-5-13(18)8-12)20-11(2)15-7-6-14(19)9-16(15)17/h3-11,20H,1-2H3/t10-,11?/m0/s1. The van der Waals surface area contributed by atoms with E-state index in [4.69, 9.17) is 11.6 Å². The van der Waals surface area contributed by atoms with Crippen LogP contribution < -0.4 is 5.32 Å². The van der Waals surface area contributed by atoms with Crippen LogP contribution in [0.2, 0.25) is 5.02 Å². The zero-order valence-corrected chi connectivity index (χ0v) is 13.7. The molecule has 0 aromatic heterocycles. The van der Waals surface area contributed by atoms with Crippen molar-refractivity contribution >= 4 is 27.5 Å². The summed E-state index contributed by atoms with van der Waals surface area (Å²) in [6, 6.07) is 12.8. The summed E-state index contributed by atoms with van der Waals surface area (Å²) in [5, 5.41) is 4.22. The van der Waals surface area contributed by atoms with Crippen molar-refractivity contribution in [3.8, 4) is 0 Å². The van der Waals surface area contributed by atoms with Gasteiger partial charge < -0.3 is 5.32 Å². The predicted octanol–water partition coefficient (Wildman–Crippen LogP) is 5.65. The molecule has 2 aromatic carbocycles. The van der Waals surface area contributed by atoms with Crippen molar-refractivity contribution in [1.29, 1.82) is 0 Å². The van der Waals surface area contributed by atoms with Crippen LogP contribution in [0.3, 0.4) is 0 Å². The van der Waals surface area contributed by atoms with Gasteiger partial charge >= 0.3 is 0 Å². The Hall–Kier alpha value is -0.900. The molecule has 2 atom stereocenters. The first-order valence-electron chi connectivity index (χ1n) is 6.44. The van der Waals surface area contributed by atoms with Crippen molar-refractivity contribution in [1.82, 2.24) is 5.32 Å². The number of rotatable bonds is 4. The van der Waals surface area contributed by atoms with Gasteiger partial charge in [0.15, 0.2) is 0 Å².